The van der Waals surface area contributed by atoms with Crippen molar-refractivity contribution in [2.24, 2.45) is 0 Å². The lowest BCUT2D eigenvalue weighted by Gasteiger charge is -2.29. The van der Waals surface area contributed by atoms with Crippen molar-refractivity contribution >= 4 is 17.9 Å². The van der Waals surface area contributed by atoms with E-state index in [9.17, 15) is 4.79 Å². The maximum atomic E-state index is 13.1. The number of ether oxygens (including phenoxy) is 1. The first-order chi connectivity index (χ1) is 12.6. The molecule has 26 heavy (non-hydrogen) atoms. The summed E-state index contributed by atoms with van der Waals surface area (Å²) >= 11 is 1.08. The van der Waals surface area contributed by atoms with Crippen molar-refractivity contribution in [3.05, 3.63) is 66.2 Å². The number of hydrogen-bond donors (Lipinski definition) is 0. The fourth-order valence-electron chi connectivity index (χ4n) is 3.77. The first-order valence-corrected chi connectivity index (χ1v) is 9.45. The zero-order valence-corrected chi connectivity index (χ0v) is 15.5. The Labute approximate surface area is 157 Å². The number of carbonyl (C=O) groups excluding carboxylic acids is 1. The molecule has 3 unspecified atom stereocenters. The SMILES string of the molecule is CC1(C)OCC2C(c3ccccc3)C(SOOc3ccccc3)C(=O)N21. The molecular weight excluding hydrogens is 350 g/mol. The molecule has 1 amide bonds. The Morgan fingerprint density at radius 3 is 2.42 bits per heavy atom. The monoisotopic (exact) mass is 371 g/mol. The average molecular weight is 371 g/mol. The number of amides is 1. The Balaban J connectivity index is 1.55. The summed E-state index contributed by atoms with van der Waals surface area (Å²) < 4.78 is 11.3. The van der Waals surface area contributed by atoms with Gasteiger partial charge in [-0.3, -0.25) is 4.79 Å². The van der Waals surface area contributed by atoms with Crippen LogP contribution >= 0.6 is 12.0 Å². The summed E-state index contributed by atoms with van der Waals surface area (Å²) in [6, 6.07) is 19.3. The minimum Gasteiger partial charge on any atom is -0.354 e. The molecule has 2 saturated heterocycles. The molecule has 2 aromatic carbocycles. The van der Waals surface area contributed by atoms with Gasteiger partial charge >= 0.3 is 0 Å². The predicted octanol–water partition coefficient (Wildman–Crippen LogP) is 3.77. The van der Waals surface area contributed by atoms with Crippen molar-refractivity contribution < 1.29 is 18.8 Å². The second-order valence-electron chi connectivity index (χ2n) is 6.95. The van der Waals surface area contributed by atoms with Crippen LogP contribution in [0.5, 0.6) is 5.75 Å². The van der Waals surface area contributed by atoms with Crippen LogP contribution in [0, 0.1) is 0 Å². The third-order valence-corrected chi connectivity index (χ3v) is 5.79. The molecule has 0 aromatic heterocycles. The minimum absolute atomic E-state index is 0.00211. The molecule has 6 heteroatoms. The summed E-state index contributed by atoms with van der Waals surface area (Å²) in [7, 11) is 0. The van der Waals surface area contributed by atoms with Gasteiger partial charge in [0.1, 0.15) is 11.0 Å². The highest BCUT2D eigenvalue weighted by molar-refractivity contribution is 7.96. The van der Waals surface area contributed by atoms with Gasteiger partial charge in [-0.15, -0.1) is 4.33 Å². The molecule has 0 bridgehead atoms. The minimum atomic E-state index is -0.607. The Morgan fingerprint density at radius 1 is 1.08 bits per heavy atom. The Bertz CT molecular complexity index is 768. The highest BCUT2D eigenvalue weighted by Crippen LogP contribution is 2.47. The van der Waals surface area contributed by atoms with Crippen LogP contribution in [0.25, 0.3) is 0 Å². The molecule has 5 nitrogen and oxygen atoms in total. The Hall–Kier alpha value is -2.02. The van der Waals surface area contributed by atoms with Crippen LogP contribution < -0.4 is 4.89 Å². The van der Waals surface area contributed by atoms with Gasteiger partial charge in [0.2, 0.25) is 5.91 Å². The van der Waals surface area contributed by atoms with Crippen LogP contribution in [-0.2, 0) is 13.9 Å². The average Bonchev–Trinajstić information content (AvgIpc) is 3.12. The summed E-state index contributed by atoms with van der Waals surface area (Å²) in [6.07, 6.45) is 0. The van der Waals surface area contributed by atoms with Gasteiger partial charge in [-0.1, -0.05) is 48.5 Å². The van der Waals surface area contributed by atoms with Crippen LogP contribution in [0.3, 0.4) is 0 Å². The van der Waals surface area contributed by atoms with E-state index < -0.39 is 5.72 Å². The second kappa shape index (κ2) is 6.95. The van der Waals surface area contributed by atoms with Crippen molar-refractivity contribution in [3.63, 3.8) is 0 Å². The topological polar surface area (TPSA) is 48.0 Å². The fourth-order valence-corrected chi connectivity index (χ4v) is 4.63. The van der Waals surface area contributed by atoms with Crippen molar-refractivity contribution in [3.8, 4) is 5.75 Å². The van der Waals surface area contributed by atoms with Gasteiger partial charge in [-0.05, 0) is 31.5 Å². The highest BCUT2D eigenvalue weighted by Gasteiger charge is 2.58. The largest absolute Gasteiger partial charge is 0.354 e. The third kappa shape index (κ3) is 3.09. The van der Waals surface area contributed by atoms with Crippen LogP contribution in [0.1, 0.15) is 25.3 Å². The number of fused-ring (bicyclic) bond motifs is 1. The lowest BCUT2D eigenvalue weighted by Crippen LogP contribution is -2.44. The molecule has 0 spiro atoms. The maximum absolute atomic E-state index is 13.1. The molecule has 2 aromatic rings. The zero-order valence-electron chi connectivity index (χ0n) is 14.7. The van der Waals surface area contributed by atoms with Gasteiger partial charge in [-0.25, -0.2) is 0 Å². The molecule has 0 radical (unpaired) electrons. The van der Waals surface area contributed by atoms with E-state index in [1.54, 1.807) is 12.1 Å². The first-order valence-electron chi connectivity index (χ1n) is 8.65. The summed E-state index contributed by atoms with van der Waals surface area (Å²) in [5.74, 6) is 0.605. The predicted molar refractivity (Wildman–Crippen MR) is 99.4 cm³/mol. The standard InChI is InChI=1S/C20H21NO4S/c1-20(2)21-16(13-23-20)17(14-9-5-3-6-10-14)18(19(21)22)26-25-24-15-11-7-4-8-12-15/h3-12,16-18H,13H2,1-2H3. The zero-order chi connectivity index (χ0) is 18.1. The first kappa shape index (κ1) is 17.4. The number of benzene rings is 2. The van der Waals surface area contributed by atoms with E-state index in [0.717, 1.165) is 17.6 Å². The lowest BCUT2D eigenvalue weighted by atomic mass is 9.92. The molecule has 2 aliphatic heterocycles. The number of nitrogens with zero attached hydrogens (tertiary/aromatic N) is 1. The molecule has 4 rings (SSSR count). The quantitative estimate of drug-likeness (QED) is 0.455. The van der Waals surface area contributed by atoms with E-state index in [-0.39, 0.29) is 23.1 Å². The van der Waals surface area contributed by atoms with Crippen LogP contribution in [0.2, 0.25) is 0 Å². The smallest absolute Gasteiger partial charge is 0.241 e. The summed E-state index contributed by atoms with van der Waals surface area (Å²) in [6.45, 7) is 4.39. The van der Waals surface area contributed by atoms with Gasteiger partial charge in [0.05, 0.1) is 24.7 Å². The fraction of sp³-hybridized carbons (Fsp3) is 0.350. The summed E-state index contributed by atoms with van der Waals surface area (Å²) in [5, 5.41) is -0.380. The van der Waals surface area contributed by atoms with Crippen LogP contribution in [0.4, 0.5) is 0 Å². The van der Waals surface area contributed by atoms with Crippen molar-refractivity contribution in [1.82, 2.24) is 4.90 Å². The number of para-hydroxylation sites is 1. The molecule has 2 heterocycles. The third-order valence-electron chi connectivity index (χ3n) is 4.94. The normalized spacial score (nSPS) is 26.8. The van der Waals surface area contributed by atoms with Gasteiger partial charge < -0.3 is 14.5 Å². The van der Waals surface area contributed by atoms with Crippen LogP contribution in [0.15, 0.2) is 60.7 Å². The van der Waals surface area contributed by atoms with E-state index >= 15 is 0 Å². The van der Waals surface area contributed by atoms with Crippen molar-refractivity contribution in [2.75, 3.05) is 6.61 Å². The van der Waals surface area contributed by atoms with Gasteiger partial charge in [0, 0.05) is 5.92 Å². The molecule has 2 fully saturated rings. The molecule has 0 aliphatic carbocycles. The molecule has 0 saturated carbocycles. The Morgan fingerprint density at radius 2 is 1.73 bits per heavy atom. The van der Waals surface area contributed by atoms with Crippen molar-refractivity contribution in [2.45, 2.75) is 36.8 Å². The van der Waals surface area contributed by atoms with Crippen molar-refractivity contribution in [1.29, 1.82) is 0 Å². The van der Waals surface area contributed by atoms with E-state index in [1.165, 1.54) is 0 Å². The van der Waals surface area contributed by atoms with Gasteiger partial charge in [-0.2, -0.15) is 0 Å². The molecule has 2 aliphatic rings. The number of rotatable bonds is 5. The molecule has 136 valence electrons. The molecular formula is C20H21NO4S. The summed E-state index contributed by atoms with van der Waals surface area (Å²) in [4.78, 5) is 20.3. The van der Waals surface area contributed by atoms with E-state index in [0.29, 0.717) is 12.4 Å². The van der Waals surface area contributed by atoms with Gasteiger partial charge in [0.15, 0.2) is 5.75 Å². The highest BCUT2D eigenvalue weighted by atomic mass is 32.2. The summed E-state index contributed by atoms with van der Waals surface area (Å²) in [5.41, 5.74) is 0.500. The second-order valence-corrected chi connectivity index (χ2v) is 7.79. The van der Waals surface area contributed by atoms with E-state index in [4.69, 9.17) is 14.0 Å². The van der Waals surface area contributed by atoms with E-state index in [1.807, 2.05) is 55.1 Å². The lowest BCUT2D eigenvalue weighted by molar-refractivity contribution is -0.141. The Kier molecular flexibility index (Phi) is 4.65. The van der Waals surface area contributed by atoms with Gasteiger partial charge in [0.25, 0.3) is 0 Å². The number of hydrogen-bond acceptors (Lipinski definition) is 5. The molecule has 3 atom stereocenters. The maximum Gasteiger partial charge on any atom is 0.241 e. The van der Waals surface area contributed by atoms with Crippen LogP contribution in [-0.4, -0.2) is 34.4 Å². The van der Waals surface area contributed by atoms with E-state index in [2.05, 4.69) is 12.1 Å². The number of carbonyl (C=O) groups is 1. The molecule has 0 N–H and O–H groups in total.